The maximum absolute atomic E-state index is 5.65. The summed E-state index contributed by atoms with van der Waals surface area (Å²) in [6.45, 7) is 4.49. The van der Waals surface area contributed by atoms with Crippen LogP contribution in [0.1, 0.15) is 18.1 Å². The molecule has 23 heavy (non-hydrogen) atoms. The molecule has 2 N–H and O–H groups in total. The number of hydrogen-bond acceptors (Lipinski definition) is 2. The number of nitrogens with one attached hydrogen (secondary N) is 2. The summed E-state index contributed by atoms with van der Waals surface area (Å²) in [5.41, 5.74) is 3.78. The molecule has 1 heterocycles. The highest BCUT2D eigenvalue weighted by atomic mass is 35.5. The maximum atomic E-state index is 5.65. The Balaban J connectivity index is 0.00000192. The smallest absolute Gasteiger partial charge is 0.123 e. The summed E-state index contributed by atoms with van der Waals surface area (Å²) in [6.07, 6.45) is 3.13. The van der Waals surface area contributed by atoms with Crippen LogP contribution < -0.4 is 22.5 Å². The lowest BCUT2D eigenvalue weighted by molar-refractivity contribution is -0.00000503. The molecule has 0 saturated carbocycles. The van der Waals surface area contributed by atoms with Gasteiger partial charge >= 0.3 is 0 Å². The van der Waals surface area contributed by atoms with Gasteiger partial charge in [-0.1, -0.05) is 36.4 Å². The van der Waals surface area contributed by atoms with Gasteiger partial charge in [-0.15, -0.1) is 0 Å². The second-order valence-electron chi connectivity index (χ2n) is 5.33. The predicted octanol–water partition coefficient (Wildman–Crippen LogP) is 0.903. The van der Waals surface area contributed by atoms with Gasteiger partial charge < -0.3 is 27.4 Å². The first-order valence-corrected chi connectivity index (χ1v) is 7.85. The van der Waals surface area contributed by atoms with Crippen molar-refractivity contribution in [3.8, 4) is 5.75 Å². The topological polar surface area (TPSA) is 37.0 Å². The van der Waals surface area contributed by atoms with Gasteiger partial charge in [0.15, 0.2) is 0 Å². The van der Waals surface area contributed by atoms with Gasteiger partial charge in [0.05, 0.1) is 6.61 Å². The second-order valence-corrected chi connectivity index (χ2v) is 5.33. The molecule has 1 aromatic heterocycles. The van der Waals surface area contributed by atoms with E-state index in [9.17, 15) is 0 Å². The minimum Gasteiger partial charge on any atom is -1.00 e. The number of para-hydroxylation sites is 2. The van der Waals surface area contributed by atoms with Crippen molar-refractivity contribution in [2.45, 2.75) is 19.9 Å². The Morgan fingerprint density at radius 1 is 1.00 bits per heavy atom. The van der Waals surface area contributed by atoms with E-state index in [1.165, 1.54) is 22.0 Å². The van der Waals surface area contributed by atoms with Gasteiger partial charge in [-0.05, 0) is 37.6 Å². The van der Waals surface area contributed by atoms with E-state index in [1.807, 2.05) is 19.1 Å². The first kappa shape index (κ1) is 17.4. The summed E-state index contributed by atoms with van der Waals surface area (Å²) in [7, 11) is 0. The molecule has 3 aromatic rings. The van der Waals surface area contributed by atoms with E-state index in [0.29, 0.717) is 6.61 Å². The molecule has 4 heteroatoms. The standard InChI is InChI=1S/C19H22N2O.ClH/c1-2-22-19-10-6-3-7-16(19)13-20-12-11-15-14-21-18-9-5-4-8-17(15)18;/h3-10,14,20-21H,2,11-13H2,1H3;1H/p-1. The highest BCUT2D eigenvalue weighted by Gasteiger charge is 2.04. The normalized spacial score (nSPS) is 10.5. The Morgan fingerprint density at radius 2 is 1.78 bits per heavy atom. The van der Waals surface area contributed by atoms with Crippen LogP contribution >= 0.6 is 0 Å². The zero-order valence-electron chi connectivity index (χ0n) is 13.3. The SMILES string of the molecule is CCOc1ccccc1CNCCc1c[nH]c2ccccc12.[Cl-]. The minimum absolute atomic E-state index is 0. The average Bonchev–Trinajstić information content (AvgIpc) is 2.97. The first-order valence-electron chi connectivity index (χ1n) is 7.85. The molecule has 0 aliphatic heterocycles. The van der Waals surface area contributed by atoms with Crippen LogP contribution in [0.25, 0.3) is 10.9 Å². The van der Waals surface area contributed by atoms with E-state index in [1.54, 1.807) is 0 Å². The van der Waals surface area contributed by atoms with Crippen LogP contribution in [0, 0.1) is 0 Å². The largest absolute Gasteiger partial charge is 1.00 e. The van der Waals surface area contributed by atoms with E-state index in [4.69, 9.17) is 4.74 Å². The van der Waals surface area contributed by atoms with Crippen LogP contribution in [-0.4, -0.2) is 18.1 Å². The lowest BCUT2D eigenvalue weighted by Crippen LogP contribution is -3.00. The van der Waals surface area contributed by atoms with Crippen molar-refractivity contribution in [3.05, 3.63) is 65.9 Å². The number of hydrogen-bond donors (Lipinski definition) is 2. The van der Waals surface area contributed by atoms with Crippen LogP contribution in [0.4, 0.5) is 0 Å². The number of rotatable bonds is 7. The molecular weight excluding hydrogens is 308 g/mol. The summed E-state index contributed by atoms with van der Waals surface area (Å²) < 4.78 is 5.65. The van der Waals surface area contributed by atoms with E-state index in [-0.39, 0.29) is 12.4 Å². The van der Waals surface area contributed by atoms with Crippen molar-refractivity contribution in [3.63, 3.8) is 0 Å². The van der Waals surface area contributed by atoms with Crippen LogP contribution in [0.5, 0.6) is 5.75 Å². The molecule has 0 bridgehead atoms. The van der Waals surface area contributed by atoms with Gasteiger partial charge in [-0.3, -0.25) is 0 Å². The third-order valence-corrected chi connectivity index (χ3v) is 3.83. The number of halogens is 1. The summed E-state index contributed by atoms with van der Waals surface area (Å²) in [6, 6.07) is 16.6. The van der Waals surface area contributed by atoms with Gasteiger partial charge in [0.1, 0.15) is 5.75 Å². The molecule has 0 radical (unpaired) electrons. The predicted molar refractivity (Wildman–Crippen MR) is 91.3 cm³/mol. The number of fused-ring (bicyclic) bond motifs is 1. The molecule has 0 unspecified atom stereocenters. The molecule has 0 spiro atoms. The van der Waals surface area contributed by atoms with Gasteiger partial charge in [0.25, 0.3) is 0 Å². The van der Waals surface area contributed by atoms with Crippen molar-refractivity contribution in [1.82, 2.24) is 10.3 Å². The zero-order chi connectivity index (χ0) is 15.2. The monoisotopic (exact) mass is 329 g/mol. The van der Waals surface area contributed by atoms with Crippen molar-refractivity contribution in [1.29, 1.82) is 0 Å². The summed E-state index contributed by atoms with van der Waals surface area (Å²) >= 11 is 0. The summed E-state index contributed by atoms with van der Waals surface area (Å²) in [5, 5.41) is 4.83. The highest BCUT2D eigenvalue weighted by molar-refractivity contribution is 5.83. The Kier molecular flexibility index (Phi) is 6.51. The quantitative estimate of drug-likeness (QED) is 0.632. The molecular formula is C19H22ClN2O-. The number of benzene rings is 2. The fourth-order valence-corrected chi connectivity index (χ4v) is 2.73. The Morgan fingerprint density at radius 3 is 2.65 bits per heavy atom. The van der Waals surface area contributed by atoms with E-state index >= 15 is 0 Å². The molecule has 3 nitrogen and oxygen atoms in total. The minimum atomic E-state index is 0. The lowest BCUT2D eigenvalue weighted by Gasteiger charge is -2.10. The second kappa shape index (κ2) is 8.61. The number of aromatic amines is 1. The fraction of sp³-hybridized carbons (Fsp3) is 0.263. The lowest BCUT2D eigenvalue weighted by atomic mass is 10.1. The number of ether oxygens (including phenoxy) is 1. The molecule has 3 rings (SSSR count). The van der Waals surface area contributed by atoms with Crippen molar-refractivity contribution in [2.24, 2.45) is 0 Å². The molecule has 0 amide bonds. The van der Waals surface area contributed by atoms with Crippen LogP contribution in [0.15, 0.2) is 54.7 Å². The van der Waals surface area contributed by atoms with Gasteiger partial charge in [0, 0.05) is 29.2 Å². The Hall–Kier alpha value is -1.97. The molecule has 0 atom stereocenters. The average molecular weight is 330 g/mol. The number of H-pyrrole nitrogens is 1. The van der Waals surface area contributed by atoms with Crippen molar-refractivity contribution in [2.75, 3.05) is 13.2 Å². The van der Waals surface area contributed by atoms with Crippen LogP contribution in [-0.2, 0) is 13.0 Å². The third-order valence-electron chi connectivity index (χ3n) is 3.83. The zero-order valence-corrected chi connectivity index (χ0v) is 14.1. The highest BCUT2D eigenvalue weighted by Crippen LogP contribution is 2.19. The van der Waals surface area contributed by atoms with Crippen molar-refractivity contribution < 1.29 is 17.1 Å². The first-order chi connectivity index (χ1) is 10.9. The van der Waals surface area contributed by atoms with Crippen LogP contribution in [0.3, 0.4) is 0 Å². The fourth-order valence-electron chi connectivity index (χ4n) is 2.73. The maximum Gasteiger partial charge on any atom is 0.123 e. The summed E-state index contributed by atoms with van der Waals surface area (Å²) in [5.74, 6) is 0.976. The van der Waals surface area contributed by atoms with E-state index in [0.717, 1.165) is 25.3 Å². The Bertz CT molecular complexity index is 739. The van der Waals surface area contributed by atoms with Crippen molar-refractivity contribution >= 4 is 10.9 Å². The van der Waals surface area contributed by atoms with E-state index in [2.05, 4.69) is 52.9 Å². The molecule has 0 aliphatic rings. The van der Waals surface area contributed by atoms with E-state index < -0.39 is 0 Å². The Labute approximate surface area is 143 Å². The molecule has 0 fully saturated rings. The van der Waals surface area contributed by atoms with Gasteiger partial charge in [-0.2, -0.15) is 0 Å². The molecule has 0 saturated heterocycles. The molecule has 122 valence electrons. The summed E-state index contributed by atoms with van der Waals surface area (Å²) in [4.78, 5) is 3.32. The third kappa shape index (κ3) is 4.27. The van der Waals surface area contributed by atoms with Gasteiger partial charge in [-0.25, -0.2) is 0 Å². The molecule has 2 aromatic carbocycles. The van der Waals surface area contributed by atoms with Gasteiger partial charge in [0.2, 0.25) is 0 Å². The molecule has 0 aliphatic carbocycles. The van der Waals surface area contributed by atoms with Crippen LogP contribution in [0.2, 0.25) is 0 Å². The number of aromatic nitrogens is 1.